The van der Waals surface area contributed by atoms with Crippen LogP contribution < -0.4 is 0 Å². The molecule has 0 aromatic heterocycles. The predicted octanol–water partition coefficient (Wildman–Crippen LogP) is 4.72. The average molecular weight is 301 g/mol. The third kappa shape index (κ3) is 3.11. The van der Waals surface area contributed by atoms with E-state index in [-0.39, 0.29) is 22.3 Å². The van der Waals surface area contributed by atoms with Crippen molar-refractivity contribution in [2.24, 2.45) is 11.8 Å². The summed E-state index contributed by atoms with van der Waals surface area (Å²) >= 11 is 0. The monoisotopic (exact) mass is 300 g/mol. The summed E-state index contributed by atoms with van der Waals surface area (Å²) in [7, 11) is -2.07. The highest BCUT2D eigenvalue weighted by Crippen LogP contribution is 2.60. The van der Waals surface area contributed by atoms with Gasteiger partial charge in [0.05, 0.1) is 0 Å². The summed E-state index contributed by atoms with van der Waals surface area (Å²) in [6, 6.07) is 1.07. The van der Waals surface area contributed by atoms with E-state index in [0.29, 0.717) is 11.8 Å². The van der Waals surface area contributed by atoms with Crippen LogP contribution in [0.4, 0.5) is 0 Å². The molecule has 0 amide bonds. The van der Waals surface area contributed by atoms with Gasteiger partial charge in [-0.1, -0.05) is 55.4 Å². The Balaban J connectivity index is 3.21. The van der Waals surface area contributed by atoms with Gasteiger partial charge in [-0.25, -0.2) is 0 Å². The molecule has 1 unspecified atom stereocenters. The van der Waals surface area contributed by atoms with Crippen LogP contribution in [0.5, 0.6) is 0 Å². The zero-order valence-electron chi connectivity index (χ0n) is 14.7. The summed E-state index contributed by atoms with van der Waals surface area (Å²) in [6.45, 7) is 19.5. The minimum absolute atomic E-state index is 0.118. The largest absolute Gasteiger partial charge is 0.437 e. The van der Waals surface area contributed by atoms with Crippen molar-refractivity contribution in [1.29, 1.82) is 0 Å². The van der Waals surface area contributed by atoms with Gasteiger partial charge in [-0.3, -0.25) is 4.79 Å². The third-order valence-electron chi connectivity index (χ3n) is 4.75. The predicted molar refractivity (Wildman–Crippen MR) is 85.0 cm³/mol. The molecule has 0 spiro atoms. The fourth-order valence-corrected chi connectivity index (χ4v) is 9.90. The van der Waals surface area contributed by atoms with Crippen LogP contribution >= 0.6 is 0 Å². The van der Waals surface area contributed by atoms with Gasteiger partial charge in [0.2, 0.25) is 8.32 Å². The van der Waals surface area contributed by atoms with Gasteiger partial charge in [-0.2, -0.15) is 0 Å². The molecule has 0 aromatic rings. The highest BCUT2D eigenvalue weighted by atomic mass is 28.4. The molecule has 0 N–H and O–H groups in total. The van der Waals surface area contributed by atoms with Gasteiger partial charge in [0, 0.05) is 12.8 Å². The summed E-state index contributed by atoms with van der Waals surface area (Å²) < 4.78 is 12.1. The number of hydrogen-bond acceptors (Lipinski definition) is 3. The van der Waals surface area contributed by atoms with E-state index in [9.17, 15) is 4.79 Å². The van der Waals surface area contributed by atoms with Gasteiger partial charge in [0.15, 0.2) is 6.29 Å². The maximum atomic E-state index is 11.4. The minimum atomic E-state index is -2.07. The van der Waals surface area contributed by atoms with Crippen LogP contribution in [0, 0.1) is 11.8 Å². The number of carbonyl (C=O) groups is 1. The van der Waals surface area contributed by atoms with Crippen molar-refractivity contribution in [3.8, 4) is 0 Å². The molecule has 20 heavy (non-hydrogen) atoms. The molecule has 0 bridgehead atoms. The molecule has 118 valence electrons. The Kier molecular flexibility index (Phi) is 4.82. The van der Waals surface area contributed by atoms with Crippen molar-refractivity contribution in [3.05, 3.63) is 0 Å². The molecule has 1 rings (SSSR count). The van der Waals surface area contributed by atoms with Crippen molar-refractivity contribution in [2.75, 3.05) is 0 Å². The second-order valence-corrected chi connectivity index (χ2v) is 13.8. The maximum Gasteiger partial charge on any atom is 0.304 e. The first-order valence-electron chi connectivity index (χ1n) is 7.67. The maximum absolute atomic E-state index is 11.4. The van der Waals surface area contributed by atoms with Crippen LogP contribution in [0.15, 0.2) is 0 Å². The van der Waals surface area contributed by atoms with Crippen molar-refractivity contribution in [3.63, 3.8) is 0 Å². The van der Waals surface area contributed by atoms with Crippen molar-refractivity contribution < 1.29 is 14.0 Å². The number of carbonyl (C=O) groups excluding carboxylic acids is 1. The van der Waals surface area contributed by atoms with E-state index in [1.165, 1.54) is 6.92 Å². The molecule has 0 aromatic carbocycles. The highest BCUT2D eigenvalue weighted by molar-refractivity contribution is 6.80. The Hall–Kier alpha value is -0.353. The van der Waals surface area contributed by atoms with E-state index in [1.54, 1.807) is 0 Å². The summed E-state index contributed by atoms with van der Waals surface area (Å²) in [5, 5.41) is 0.237. The van der Waals surface area contributed by atoms with E-state index in [4.69, 9.17) is 9.16 Å². The van der Waals surface area contributed by atoms with Gasteiger partial charge < -0.3 is 9.16 Å². The lowest BCUT2D eigenvalue weighted by molar-refractivity contribution is -0.167. The van der Waals surface area contributed by atoms with E-state index < -0.39 is 8.32 Å². The van der Waals surface area contributed by atoms with Crippen LogP contribution in [0.2, 0.25) is 16.1 Å². The van der Waals surface area contributed by atoms with Gasteiger partial charge >= 0.3 is 5.97 Å². The summed E-state index contributed by atoms with van der Waals surface area (Å²) in [5.41, 5.74) is 0. The zero-order valence-corrected chi connectivity index (χ0v) is 15.7. The Morgan fingerprint density at radius 3 is 1.90 bits per heavy atom. The molecule has 0 aliphatic carbocycles. The first-order chi connectivity index (χ1) is 8.82. The first-order valence-corrected chi connectivity index (χ1v) is 9.78. The topological polar surface area (TPSA) is 35.5 Å². The molecular weight excluding hydrogens is 268 g/mol. The Morgan fingerprint density at radius 2 is 1.60 bits per heavy atom. The molecule has 0 radical (unpaired) electrons. The lowest BCUT2D eigenvalue weighted by Gasteiger charge is -2.48. The van der Waals surface area contributed by atoms with Crippen LogP contribution in [-0.2, 0) is 14.0 Å². The molecule has 1 heterocycles. The Bertz CT molecular complexity index is 349. The van der Waals surface area contributed by atoms with Crippen molar-refractivity contribution in [2.45, 2.75) is 84.7 Å². The van der Waals surface area contributed by atoms with Gasteiger partial charge in [-0.15, -0.1) is 0 Å². The number of rotatable bonds is 2. The second kappa shape index (κ2) is 5.45. The third-order valence-corrected chi connectivity index (χ3v) is 11.3. The molecule has 0 saturated carbocycles. The number of esters is 1. The molecule has 2 atom stereocenters. The van der Waals surface area contributed by atoms with Gasteiger partial charge in [0.1, 0.15) is 0 Å². The smallest absolute Gasteiger partial charge is 0.304 e. The average Bonchev–Trinajstić information content (AvgIpc) is 2.55. The number of ether oxygens (including phenoxy) is 1. The lowest BCUT2D eigenvalue weighted by atomic mass is 9.97. The van der Waals surface area contributed by atoms with E-state index in [2.05, 4.69) is 55.4 Å². The standard InChI is InChI=1S/C16H32O3Si/c1-11(2)13-10-20(15(4,5)6,16(7,8)9)19-14(13)18-12(3)17/h11,13-14H,10H2,1-9H3/t13-,14?/m1/s1. The Morgan fingerprint density at radius 1 is 1.15 bits per heavy atom. The molecular formula is C16H32O3Si. The molecule has 1 saturated heterocycles. The molecule has 3 nitrogen and oxygen atoms in total. The van der Waals surface area contributed by atoms with E-state index in [1.807, 2.05) is 0 Å². The quantitative estimate of drug-likeness (QED) is 0.546. The normalized spacial score (nSPS) is 26.9. The van der Waals surface area contributed by atoms with Gasteiger partial charge in [0.25, 0.3) is 0 Å². The summed E-state index contributed by atoms with van der Waals surface area (Å²) in [4.78, 5) is 11.4. The summed E-state index contributed by atoms with van der Waals surface area (Å²) in [6.07, 6.45) is -0.363. The molecule has 1 fully saturated rings. The van der Waals surface area contributed by atoms with E-state index >= 15 is 0 Å². The van der Waals surface area contributed by atoms with Crippen LogP contribution in [0.25, 0.3) is 0 Å². The zero-order chi connectivity index (χ0) is 15.9. The van der Waals surface area contributed by atoms with Crippen LogP contribution in [0.3, 0.4) is 0 Å². The fraction of sp³-hybridized carbons (Fsp3) is 0.938. The SMILES string of the molecule is CC(=O)OC1O[Si](C(C)(C)C)(C(C)(C)C)C[C@@H]1C(C)C. The van der Waals surface area contributed by atoms with Crippen LogP contribution in [-0.4, -0.2) is 20.6 Å². The van der Waals surface area contributed by atoms with Crippen molar-refractivity contribution in [1.82, 2.24) is 0 Å². The van der Waals surface area contributed by atoms with Gasteiger partial charge in [-0.05, 0) is 22.0 Å². The minimum Gasteiger partial charge on any atom is -0.437 e. The van der Waals surface area contributed by atoms with Crippen LogP contribution in [0.1, 0.15) is 62.3 Å². The Labute approximate surface area is 125 Å². The highest BCUT2D eigenvalue weighted by Gasteiger charge is 2.62. The van der Waals surface area contributed by atoms with E-state index in [0.717, 1.165) is 6.04 Å². The van der Waals surface area contributed by atoms with Crippen molar-refractivity contribution >= 4 is 14.3 Å². The fourth-order valence-electron chi connectivity index (χ4n) is 3.68. The molecule has 1 aliphatic rings. The second-order valence-electron chi connectivity index (χ2n) is 8.53. The summed E-state index contributed by atoms with van der Waals surface area (Å²) in [5.74, 6) is 0.524. The first kappa shape index (κ1) is 17.7. The molecule has 4 heteroatoms. The lowest BCUT2D eigenvalue weighted by Crippen LogP contribution is -2.52. The number of hydrogen-bond donors (Lipinski definition) is 0. The molecule has 1 aliphatic heterocycles.